The number of benzene rings is 2. The van der Waals surface area contributed by atoms with Gasteiger partial charge < -0.3 is 14.6 Å². The van der Waals surface area contributed by atoms with E-state index < -0.39 is 0 Å². The van der Waals surface area contributed by atoms with Crippen molar-refractivity contribution in [1.82, 2.24) is 9.88 Å². The fraction of sp³-hybridized carbons (Fsp3) is 0.0909. The van der Waals surface area contributed by atoms with Crippen LogP contribution in [-0.2, 0) is 6.54 Å². The van der Waals surface area contributed by atoms with Crippen molar-refractivity contribution in [3.63, 3.8) is 0 Å². The van der Waals surface area contributed by atoms with Gasteiger partial charge in [-0.05, 0) is 36.4 Å². The number of hydrogen-bond acceptors (Lipinski definition) is 5. The monoisotopic (exact) mass is 421 g/mol. The molecule has 5 nitrogen and oxygen atoms in total. The summed E-state index contributed by atoms with van der Waals surface area (Å²) in [5, 5.41) is 7.01. The van der Waals surface area contributed by atoms with Crippen LogP contribution in [0.1, 0.15) is 28.0 Å². The maximum atomic E-state index is 13.2. The quantitative estimate of drug-likeness (QED) is 0.450. The van der Waals surface area contributed by atoms with Crippen LogP contribution in [0.5, 0.6) is 0 Å². The van der Waals surface area contributed by atoms with Crippen molar-refractivity contribution in [3.8, 4) is 10.6 Å². The van der Waals surface area contributed by atoms with E-state index in [1.54, 1.807) is 11.2 Å². The van der Waals surface area contributed by atoms with E-state index in [1.807, 2.05) is 66.0 Å². The van der Waals surface area contributed by atoms with Gasteiger partial charge in [0.1, 0.15) is 16.9 Å². The molecule has 0 saturated heterocycles. The molecular formula is C22H16ClN3O2S. The summed E-state index contributed by atoms with van der Waals surface area (Å²) in [4.78, 5) is 19.8. The zero-order valence-electron chi connectivity index (χ0n) is 15.2. The van der Waals surface area contributed by atoms with E-state index in [9.17, 15) is 4.79 Å². The van der Waals surface area contributed by atoms with Gasteiger partial charge in [-0.15, -0.1) is 11.3 Å². The lowest BCUT2D eigenvalue weighted by atomic mass is 10.1. The van der Waals surface area contributed by atoms with Gasteiger partial charge in [-0.3, -0.25) is 4.79 Å². The second kappa shape index (κ2) is 7.39. The van der Waals surface area contributed by atoms with Gasteiger partial charge in [0.2, 0.25) is 0 Å². The first-order valence-electron chi connectivity index (χ1n) is 9.09. The number of thiazole rings is 1. The zero-order valence-corrected chi connectivity index (χ0v) is 16.8. The molecular weight excluding hydrogens is 406 g/mol. The van der Waals surface area contributed by atoms with Crippen LogP contribution in [0, 0.1) is 0 Å². The molecule has 0 radical (unpaired) electrons. The molecule has 2 aromatic heterocycles. The van der Waals surface area contributed by atoms with Gasteiger partial charge in [-0.25, -0.2) is 4.98 Å². The Balaban J connectivity index is 1.52. The fourth-order valence-corrected chi connectivity index (χ4v) is 4.37. The highest BCUT2D eigenvalue weighted by molar-refractivity contribution is 7.13. The van der Waals surface area contributed by atoms with Crippen LogP contribution in [-0.4, -0.2) is 15.8 Å². The number of anilines is 1. The van der Waals surface area contributed by atoms with Gasteiger partial charge in [0.05, 0.1) is 24.1 Å². The maximum absolute atomic E-state index is 13.2. The van der Waals surface area contributed by atoms with Gasteiger partial charge in [0, 0.05) is 21.7 Å². The second-order valence-electron chi connectivity index (χ2n) is 6.69. The van der Waals surface area contributed by atoms with Crippen molar-refractivity contribution < 1.29 is 9.21 Å². The molecule has 1 aliphatic rings. The van der Waals surface area contributed by atoms with E-state index >= 15 is 0 Å². The highest BCUT2D eigenvalue weighted by Gasteiger charge is 2.34. The Bertz CT molecular complexity index is 1160. The molecule has 0 fully saturated rings. The number of nitrogens with one attached hydrogen (secondary N) is 1. The van der Waals surface area contributed by atoms with Crippen molar-refractivity contribution in [1.29, 1.82) is 0 Å². The fourth-order valence-electron chi connectivity index (χ4n) is 3.40. The number of hydrogen-bond donors (Lipinski definition) is 1. The van der Waals surface area contributed by atoms with Crippen LogP contribution in [0.4, 0.5) is 5.69 Å². The zero-order chi connectivity index (χ0) is 19.8. The number of aromatic nitrogens is 1. The standard InChI is InChI=1S/C22H16ClN3O2S/c23-15-9-7-14(8-10-15)21-25-19(13-29-21)20-24-18-6-2-1-5-17(18)22(27)26(20)12-16-4-3-11-28-16/h1-11,13,20,24H,12H2/t20-/m1/s1. The molecule has 1 amide bonds. The minimum Gasteiger partial charge on any atom is -0.467 e. The van der Waals surface area contributed by atoms with Crippen LogP contribution in [0.25, 0.3) is 10.6 Å². The summed E-state index contributed by atoms with van der Waals surface area (Å²) in [6, 6.07) is 18.8. The molecule has 144 valence electrons. The van der Waals surface area contributed by atoms with Crippen LogP contribution < -0.4 is 5.32 Å². The lowest BCUT2D eigenvalue weighted by Crippen LogP contribution is -2.42. The summed E-state index contributed by atoms with van der Waals surface area (Å²) < 4.78 is 5.49. The predicted molar refractivity (Wildman–Crippen MR) is 114 cm³/mol. The third-order valence-corrected chi connectivity index (χ3v) is 5.98. The maximum Gasteiger partial charge on any atom is 0.258 e. The lowest BCUT2D eigenvalue weighted by Gasteiger charge is -2.36. The summed E-state index contributed by atoms with van der Waals surface area (Å²) in [5.74, 6) is 0.666. The van der Waals surface area contributed by atoms with Crippen LogP contribution in [0.3, 0.4) is 0 Å². The van der Waals surface area contributed by atoms with Gasteiger partial charge >= 0.3 is 0 Å². The number of amides is 1. The normalized spacial score (nSPS) is 15.8. The van der Waals surface area contributed by atoms with Gasteiger partial charge in [0.15, 0.2) is 0 Å². The van der Waals surface area contributed by atoms with Gasteiger partial charge in [-0.1, -0.05) is 35.9 Å². The van der Waals surface area contributed by atoms with Crippen LogP contribution in [0.2, 0.25) is 5.02 Å². The van der Waals surface area contributed by atoms with E-state index in [1.165, 1.54) is 11.3 Å². The van der Waals surface area contributed by atoms with Crippen molar-refractivity contribution in [2.45, 2.75) is 12.7 Å². The molecule has 0 unspecified atom stereocenters. The van der Waals surface area contributed by atoms with Gasteiger partial charge in [0.25, 0.3) is 5.91 Å². The largest absolute Gasteiger partial charge is 0.467 e. The molecule has 0 spiro atoms. The Labute approximate surface area is 176 Å². The number of halogens is 1. The summed E-state index contributed by atoms with van der Waals surface area (Å²) in [6.07, 6.45) is 1.22. The average Bonchev–Trinajstić information content (AvgIpc) is 3.43. The first kappa shape index (κ1) is 18.0. The minimum absolute atomic E-state index is 0.0539. The molecule has 0 saturated carbocycles. The third-order valence-electron chi connectivity index (χ3n) is 4.82. The van der Waals surface area contributed by atoms with Crippen molar-refractivity contribution >= 4 is 34.5 Å². The smallest absolute Gasteiger partial charge is 0.258 e. The van der Waals surface area contributed by atoms with E-state index in [2.05, 4.69) is 5.32 Å². The Morgan fingerprint density at radius 1 is 1.10 bits per heavy atom. The minimum atomic E-state index is -0.389. The first-order chi connectivity index (χ1) is 14.2. The van der Waals surface area contributed by atoms with Crippen LogP contribution >= 0.6 is 22.9 Å². The molecule has 1 aliphatic heterocycles. The summed E-state index contributed by atoms with van der Waals surface area (Å²) in [7, 11) is 0. The van der Waals surface area contributed by atoms with Crippen LogP contribution in [0.15, 0.2) is 76.7 Å². The SMILES string of the molecule is O=C1c2ccccc2N[C@@H](c2csc(-c3ccc(Cl)cc3)n2)N1Cc1ccco1. The van der Waals surface area contributed by atoms with E-state index in [-0.39, 0.29) is 12.1 Å². The number of carbonyl (C=O) groups is 1. The summed E-state index contributed by atoms with van der Waals surface area (Å²) in [5.41, 5.74) is 3.22. The van der Waals surface area contributed by atoms with Crippen molar-refractivity contribution in [2.24, 2.45) is 0 Å². The van der Waals surface area contributed by atoms with E-state index in [0.29, 0.717) is 17.1 Å². The number of para-hydroxylation sites is 1. The molecule has 2 aromatic carbocycles. The van der Waals surface area contributed by atoms with E-state index in [4.69, 9.17) is 21.0 Å². The number of nitrogens with zero attached hydrogens (tertiary/aromatic N) is 2. The molecule has 0 bridgehead atoms. The highest BCUT2D eigenvalue weighted by Crippen LogP contribution is 2.36. The Hall–Kier alpha value is -3.09. The Morgan fingerprint density at radius 2 is 1.93 bits per heavy atom. The molecule has 1 atom stereocenters. The Kier molecular flexibility index (Phi) is 4.58. The average molecular weight is 422 g/mol. The number of furan rings is 1. The van der Waals surface area contributed by atoms with Crippen molar-refractivity contribution in [2.75, 3.05) is 5.32 Å². The van der Waals surface area contributed by atoms with Crippen molar-refractivity contribution in [3.05, 3.63) is 94.3 Å². The number of rotatable bonds is 4. The highest BCUT2D eigenvalue weighted by atomic mass is 35.5. The molecule has 7 heteroatoms. The summed E-state index contributed by atoms with van der Waals surface area (Å²) >= 11 is 7.54. The van der Waals surface area contributed by atoms with Gasteiger partial charge in [-0.2, -0.15) is 0 Å². The van der Waals surface area contributed by atoms with E-state index in [0.717, 1.165) is 27.7 Å². The molecule has 29 heavy (non-hydrogen) atoms. The Morgan fingerprint density at radius 3 is 2.72 bits per heavy atom. The number of fused-ring (bicyclic) bond motifs is 1. The number of carbonyl (C=O) groups excluding carboxylic acids is 1. The lowest BCUT2D eigenvalue weighted by molar-refractivity contribution is 0.0648. The topological polar surface area (TPSA) is 58.4 Å². The molecule has 4 aromatic rings. The molecule has 1 N–H and O–H groups in total. The molecule has 5 rings (SSSR count). The molecule has 0 aliphatic carbocycles. The molecule has 3 heterocycles. The second-order valence-corrected chi connectivity index (χ2v) is 7.98. The third kappa shape index (κ3) is 3.41. The predicted octanol–water partition coefficient (Wildman–Crippen LogP) is 5.82. The summed E-state index contributed by atoms with van der Waals surface area (Å²) in [6.45, 7) is 0.353. The first-order valence-corrected chi connectivity index (χ1v) is 10.3.